The van der Waals surface area contributed by atoms with E-state index in [2.05, 4.69) is 24.3 Å². The van der Waals surface area contributed by atoms with Crippen molar-refractivity contribution in [2.75, 3.05) is 20.8 Å². The summed E-state index contributed by atoms with van der Waals surface area (Å²) in [6, 6.07) is 16.3. The van der Waals surface area contributed by atoms with Crippen molar-refractivity contribution in [2.45, 2.75) is 39.0 Å². The molecule has 2 aromatic rings. The molecule has 154 valence electrons. The van der Waals surface area contributed by atoms with Crippen molar-refractivity contribution in [3.05, 3.63) is 54.1 Å². The number of hydrogen-bond acceptors (Lipinski definition) is 4. The zero-order chi connectivity index (χ0) is 19.8. The fraction of sp³-hybridized carbons (Fsp3) is 0.409. The fourth-order valence-corrected chi connectivity index (χ4v) is 3.00. The molecule has 1 atom stereocenters. The Morgan fingerprint density at radius 1 is 1.07 bits per heavy atom. The van der Waals surface area contributed by atoms with Gasteiger partial charge >= 0.3 is 0 Å². The number of amides is 1. The van der Waals surface area contributed by atoms with Gasteiger partial charge in [-0.3, -0.25) is 4.79 Å². The molecule has 2 rings (SSSR count). The molecule has 0 heterocycles. The lowest BCUT2D eigenvalue weighted by Crippen LogP contribution is -2.39. The van der Waals surface area contributed by atoms with Gasteiger partial charge in [0.15, 0.2) is 0 Å². The van der Waals surface area contributed by atoms with E-state index in [1.807, 2.05) is 43.0 Å². The van der Waals surface area contributed by atoms with Crippen LogP contribution in [0.25, 0.3) is 11.1 Å². The van der Waals surface area contributed by atoms with Gasteiger partial charge in [-0.1, -0.05) is 42.5 Å². The van der Waals surface area contributed by atoms with Gasteiger partial charge in [-0.2, -0.15) is 0 Å². The van der Waals surface area contributed by atoms with Crippen LogP contribution in [0, 0.1) is 0 Å². The highest BCUT2D eigenvalue weighted by atomic mass is 35.5. The minimum Gasteiger partial charge on any atom is -0.496 e. The number of para-hydroxylation sites is 1. The maximum Gasteiger partial charge on any atom is 0.225 e. The van der Waals surface area contributed by atoms with E-state index in [4.69, 9.17) is 15.2 Å². The number of nitrogens with zero attached hydrogens (tertiary/aromatic N) is 1. The monoisotopic (exact) mass is 406 g/mol. The fourth-order valence-electron chi connectivity index (χ4n) is 3.00. The number of carbonyl (C=O) groups is 1. The summed E-state index contributed by atoms with van der Waals surface area (Å²) in [4.78, 5) is 14.5. The van der Waals surface area contributed by atoms with Crippen LogP contribution < -0.4 is 10.5 Å². The first kappa shape index (κ1) is 24.0. The number of methoxy groups -OCH3 is 2. The topological polar surface area (TPSA) is 64.8 Å². The van der Waals surface area contributed by atoms with E-state index in [0.717, 1.165) is 22.4 Å². The molecule has 0 aliphatic heterocycles. The van der Waals surface area contributed by atoms with Crippen molar-refractivity contribution in [2.24, 2.45) is 5.73 Å². The van der Waals surface area contributed by atoms with Gasteiger partial charge in [-0.25, -0.2) is 0 Å². The summed E-state index contributed by atoms with van der Waals surface area (Å²) in [6.07, 6.45) is 0.0523. The van der Waals surface area contributed by atoms with E-state index in [0.29, 0.717) is 19.5 Å². The second-order valence-corrected chi connectivity index (χ2v) is 6.81. The summed E-state index contributed by atoms with van der Waals surface area (Å²) in [6.45, 7) is 4.93. The number of hydrogen-bond donors (Lipinski definition) is 1. The van der Waals surface area contributed by atoms with Crippen LogP contribution in [0.2, 0.25) is 0 Å². The third-order valence-electron chi connectivity index (χ3n) is 4.67. The van der Waals surface area contributed by atoms with E-state index in [9.17, 15) is 4.79 Å². The van der Waals surface area contributed by atoms with Crippen molar-refractivity contribution in [1.29, 1.82) is 0 Å². The van der Waals surface area contributed by atoms with Crippen LogP contribution in [-0.4, -0.2) is 43.7 Å². The SMILES string of the molecule is COc1ccccc1-c1ccc(CN(C(=O)CC(CN)OC)C(C)C)cc1.Cl. The van der Waals surface area contributed by atoms with Gasteiger partial charge < -0.3 is 20.1 Å². The summed E-state index contributed by atoms with van der Waals surface area (Å²) < 4.78 is 10.7. The van der Waals surface area contributed by atoms with Gasteiger partial charge in [0.2, 0.25) is 5.91 Å². The number of halogens is 1. The summed E-state index contributed by atoms with van der Waals surface area (Å²) in [5, 5.41) is 0. The Kier molecular flexibility index (Phi) is 10.0. The molecule has 0 bridgehead atoms. The van der Waals surface area contributed by atoms with E-state index in [1.54, 1.807) is 14.2 Å². The van der Waals surface area contributed by atoms with Crippen LogP contribution in [0.3, 0.4) is 0 Å². The van der Waals surface area contributed by atoms with Crippen LogP contribution in [0.1, 0.15) is 25.8 Å². The van der Waals surface area contributed by atoms with Crippen LogP contribution in [0.4, 0.5) is 0 Å². The molecule has 1 amide bonds. The number of ether oxygens (including phenoxy) is 2. The lowest BCUT2D eigenvalue weighted by atomic mass is 10.0. The second kappa shape index (κ2) is 11.7. The maximum atomic E-state index is 12.7. The molecule has 0 aliphatic carbocycles. The molecule has 0 fully saturated rings. The molecule has 1 unspecified atom stereocenters. The molecular weight excluding hydrogens is 376 g/mol. The van der Waals surface area contributed by atoms with E-state index in [1.165, 1.54) is 0 Å². The smallest absolute Gasteiger partial charge is 0.225 e. The quantitative estimate of drug-likeness (QED) is 0.686. The first-order valence-electron chi connectivity index (χ1n) is 9.24. The Morgan fingerprint density at radius 2 is 1.71 bits per heavy atom. The van der Waals surface area contributed by atoms with Gasteiger partial charge in [0.25, 0.3) is 0 Å². The molecule has 2 aromatic carbocycles. The molecule has 0 saturated heterocycles. The van der Waals surface area contributed by atoms with Crippen LogP contribution >= 0.6 is 12.4 Å². The minimum atomic E-state index is -0.244. The molecule has 0 aliphatic rings. The number of carbonyl (C=O) groups excluding carboxylic acids is 1. The van der Waals surface area contributed by atoms with Gasteiger partial charge in [-0.15, -0.1) is 12.4 Å². The Morgan fingerprint density at radius 3 is 2.25 bits per heavy atom. The van der Waals surface area contributed by atoms with Crippen molar-refractivity contribution < 1.29 is 14.3 Å². The van der Waals surface area contributed by atoms with E-state index in [-0.39, 0.29) is 30.5 Å². The van der Waals surface area contributed by atoms with Gasteiger partial charge in [0.05, 0.1) is 19.6 Å². The van der Waals surface area contributed by atoms with Crippen LogP contribution in [0.15, 0.2) is 48.5 Å². The predicted octanol–water partition coefficient (Wildman–Crippen LogP) is 3.88. The lowest BCUT2D eigenvalue weighted by Gasteiger charge is -2.28. The molecule has 28 heavy (non-hydrogen) atoms. The normalized spacial score (nSPS) is 11.6. The third-order valence-corrected chi connectivity index (χ3v) is 4.67. The number of benzene rings is 2. The van der Waals surface area contributed by atoms with Crippen molar-refractivity contribution in [3.8, 4) is 16.9 Å². The average molecular weight is 407 g/mol. The average Bonchev–Trinajstić information content (AvgIpc) is 2.70. The highest BCUT2D eigenvalue weighted by molar-refractivity contribution is 5.85. The highest BCUT2D eigenvalue weighted by Gasteiger charge is 2.21. The van der Waals surface area contributed by atoms with Crippen molar-refractivity contribution >= 4 is 18.3 Å². The summed E-state index contributed by atoms with van der Waals surface area (Å²) in [7, 11) is 3.26. The van der Waals surface area contributed by atoms with Crippen LogP contribution in [0.5, 0.6) is 5.75 Å². The molecular formula is C22H31ClN2O3. The lowest BCUT2D eigenvalue weighted by molar-refractivity contribution is -0.136. The Labute approximate surface area is 174 Å². The number of rotatable bonds is 9. The van der Waals surface area contributed by atoms with Crippen LogP contribution in [-0.2, 0) is 16.1 Å². The Hall–Kier alpha value is -2.08. The summed E-state index contributed by atoms with van der Waals surface area (Å²) in [5.74, 6) is 0.896. The molecule has 2 N–H and O–H groups in total. The largest absolute Gasteiger partial charge is 0.496 e. The first-order chi connectivity index (χ1) is 13.0. The number of nitrogens with two attached hydrogens (primary N) is 1. The summed E-state index contributed by atoms with van der Waals surface area (Å²) >= 11 is 0. The molecule has 5 nitrogen and oxygen atoms in total. The molecule has 0 spiro atoms. The summed E-state index contributed by atoms with van der Waals surface area (Å²) in [5.41, 5.74) is 8.87. The molecule has 0 saturated carbocycles. The van der Waals surface area contributed by atoms with E-state index < -0.39 is 0 Å². The molecule has 0 aromatic heterocycles. The standard InChI is InChI=1S/C22H30N2O3.ClH/c1-16(2)24(22(25)13-19(14-23)26-3)15-17-9-11-18(12-10-17)20-7-5-6-8-21(20)27-4;/h5-12,16,19H,13-15,23H2,1-4H3;1H. The predicted molar refractivity (Wildman–Crippen MR) is 116 cm³/mol. The van der Waals surface area contributed by atoms with E-state index >= 15 is 0 Å². The highest BCUT2D eigenvalue weighted by Crippen LogP contribution is 2.29. The molecule has 6 heteroatoms. The van der Waals surface area contributed by atoms with Gasteiger partial charge in [-0.05, 0) is 31.0 Å². The second-order valence-electron chi connectivity index (χ2n) is 6.81. The van der Waals surface area contributed by atoms with Gasteiger partial charge in [0.1, 0.15) is 5.75 Å². The Balaban J connectivity index is 0.00000392. The van der Waals surface area contributed by atoms with Crippen molar-refractivity contribution in [1.82, 2.24) is 4.90 Å². The zero-order valence-corrected chi connectivity index (χ0v) is 17.9. The van der Waals surface area contributed by atoms with Gasteiger partial charge in [0, 0.05) is 31.8 Å². The van der Waals surface area contributed by atoms with Crippen molar-refractivity contribution in [3.63, 3.8) is 0 Å². The molecule has 0 radical (unpaired) electrons. The first-order valence-corrected chi connectivity index (χ1v) is 9.24. The zero-order valence-electron chi connectivity index (χ0n) is 17.1. The maximum absolute atomic E-state index is 12.7. The minimum absolute atomic E-state index is 0. The third kappa shape index (κ3) is 6.23. The Bertz CT molecular complexity index is 731.